The van der Waals surface area contributed by atoms with Gasteiger partial charge in [0, 0.05) is 4.90 Å². The fourth-order valence-corrected chi connectivity index (χ4v) is 2.97. The van der Waals surface area contributed by atoms with E-state index in [-0.39, 0.29) is 18.4 Å². The van der Waals surface area contributed by atoms with Gasteiger partial charge in [0.15, 0.2) is 0 Å². The first-order valence-electron chi connectivity index (χ1n) is 6.54. The van der Waals surface area contributed by atoms with Gasteiger partial charge >= 0.3 is 0 Å². The molecule has 0 aliphatic carbocycles. The first kappa shape index (κ1) is 13.7. The minimum Gasteiger partial charge on any atom is -0.323 e. The molecule has 2 amide bonds. The molecule has 0 spiro atoms. The van der Waals surface area contributed by atoms with Crippen molar-refractivity contribution in [3.05, 3.63) is 54.1 Å². The van der Waals surface area contributed by atoms with Crippen molar-refractivity contribution in [3.63, 3.8) is 0 Å². The molecule has 0 fully saturated rings. The first-order chi connectivity index (χ1) is 10.2. The van der Waals surface area contributed by atoms with Crippen LogP contribution < -0.4 is 10.2 Å². The van der Waals surface area contributed by atoms with Crippen LogP contribution in [0.15, 0.2) is 53.4 Å². The Labute approximate surface area is 127 Å². The number of benzene rings is 2. The van der Waals surface area contributed by atoms with Gasteiger partial charge in [-0.05, 0) is 30.5 Å². The van der Waals surface area contributed by atoms with Crippen LogP contribution in [0.2, 0.25) is 0 Å². The van der Waals surface area contributed by atoms with Crippen LogP contribution in [-0.4, -0.2) is 24.6 Å². The maximum absolute atomic E-state index is 12.8. The number of anilines is 2. The molecule has 3 rings (SSSR count). The molecular weight excluding hydrogens is 284 g/mol. The summed E-state index contributed by atoms with van der Waals surface area (Å²) in [6.07, 6.45) is 1.93. The summed E-state index contributed by atoms with van der Waals surface area (Å²) in [6, 6.07) is 14.8. The Balaban J connectivity index is 2.04. The average Bonchev–Trinajstić information content (AvgIpc) is 2.53. The van der Waals surface area contributed by atoms with E-state index in [0.29, 0.717) is 11.3 Å². The van der Waals surface area contributed by atoms with Gasteiger partial charge < -0.3 is 5.32 Å². The number of carbonyl (C=O) groups excluding carboxylic acids is 2. The fraction of sp³-hybridized carbons (Fsp3) is 0.125. The predicted octanol–water partition coefficient (Wildman–Crippen LogP) is 3.01. The molecule has 106 valence electrons. The molecular formula is C16H14N2O2S. The van der Waals surface area contributed by atoms with E-state index in [1.54, 1.807) is 12.1 Å². The summed E-state index contributed by atoms with van der Waals surface area (Å²) >= 11 is 1.52. The van der Waals surface area contributed by atoms with Crippen molar-refractivity contribution in [1.82, 2.24) is 0 Å². The molecule has 1 N–H and O–H groups in total. The summed E-state index contributed by atoms with van der Waals surface area (Å²) in [5, 5.41) is 2.79. The van der Waals surface area contributed by atoms with E-state index in [1.165, 1.54) is 16.7 Å². The second-order valence-electron chi connectivity index (χ2n) is 4.66. The van der Waals surface area contributed by atoms with Crippen molar-refractivity contribution in [2.75, 3.05) is 23.0 Å². The van der Waals surface area contributed by atoms with E-state index in [1.807, 2.05) is 42.7 Å². The maximum atomic E-state index is 12.8. The molecule has 2 aromatic carbocycles. The van der Waals surface area contributed by atoms with Gasteiger partial charge in [-0.1, -0.05) is 24.3 Å². The molecule has 1 aliphatic rings. The second kappa shape index (κ2) is 5.61. The normalized spacial score (nSPS) is 13.6. The quantitative estimate of drug-likeness (QED) is 0.867. The van der Waals surface area contributed by atoms with Crippen molar-refractivity contribution >= 4 is 35.0 Å². The lowest BCUT2D eigenvalue weighted by Crippen LogP contribution is -2.42. The van der Waals surface area contributed by atoms with Crippen LogP contribution in [0.1, 0.15) is 10.4 Å². The minimum atomic E-state index is -0.177. The molecule has 2 aromatic rings. The molecule has 0 radical (unpaired) electrons. The molecule has 0 atom stereocenters. The van der Waals surface area contributed by atoms with Gasteiger partial charge in [-0.15, -0.1) is 11.8 Å². The fourth-order valence-electron chi connectivity index (χ4n) is 2.38. The SMILES string of the molecule is CSc1ccccc1C(=O)N1CC(=O)Nc2ccccc21. The third kappa shape index (κ3) is 2.52. The summed E-state index contributed by atoms with van der Waals surface area (Å²) in [4.78, 5) is 27.1. The summed E-state index contributed by atoms with van der Waals surface area (Å²) < 4.78 is 0. The lowest BCUT2D eigenvalue weighted by molar-refractivity contribution is -0.115. The Hall–Kier alpha value is -2.27. The highest BCUT2D eigenvalue weighted by Crippen LogP contribution is 2.31. The third-order valence-electron chi connectivity index (χ3n) is 3.35. The molecule has 1 heterocycles. The topological polar surface area (TPSA) is 49.4 Å². The Morgan fingerprint density at radius 2 is 1.86 bits per heavy atom. The minimum absolute atomic E-state index is 0.0402. The van der Waals surface area contributed by atoms with Gasteiger partial charge in [0.2, 0.25) is 5.91 Å². The summed E-state index contributed by atoms with van der Waals surface area (Å²) in [6.45, 7) is 0.0402. The van der Waals surface area contributed by atoms with Gasteiger partial charge in [0.1, 0.15) is 6.54 Å². The van der Waals surface area contributed by atoms with E-state index in [9.17, 15) is 9.59 Å². The summed E-state index contributed by atoms with van der Waals surface area (Å²) in [5.74, 6) is -0.328. The zero-order valence-corrected chi connectivity index (χ0v) is 12.3. The van der Waals surface area contributed by atoms with Crippen LogP contribution in [0, 0.1) is 0 Å². The van der Waals surface area contributed by atoms with Crippen LogP contribution in [0.25, 0.3) is 0 Å². The zero-order valence-electron chi connectivity index (χ0n) is 11.5. The average molecular weight is 298 g/mol. The first-order valence-corrected chi connectivity index (χ1v) is 7.77. The Kier molecular flexibility index (Phi) is 3.66. The van der Waals surface area contributed by atoms with Crippen LogP contribution >= 0.6 is 11.8 Å². The number of para-hydroxylation sites is 2. The van der Waals surface area contributed by atoms with Crippen molar-refractivity contribution in [2.24, 2.45) is 0 Å². The third-order valence-corrected chi connectivity index (χ3v) is 4.15. The van der Waals surface area contributed by atoms with E-state index in [4.69, 9.17) is 0 Å². The molecule has 0 saturated heterocycles. The molecule has 5 heteroatoms. The Bertz CT molecular complexity index is 715. The highest BCUT2D eigenvalue weighted by Gasteiger charge is 2.28. The number of nitrogens with one attached hydrogen (secondary N) is 1. The van der Waals surface area contributed by atoms with Gasteiger partial charge in [0.25, 0.3) is 5.91 Å². The van der Waals surface area contributed by atoms with Crippen molar-refractivity contribution < 1.29 is 9.59 Å². The highest BCUT2D eigenvalue weighted by atomic mass is 32.2. The van der Waals surface area contributed by atoms with E-state index in [2.05, 4.69) is 5.32 Å². The second-order valence-corrected chi connectivity index (χ2v) is 5.50. The Morgan fingerprint density at radius 3 is 2.67 bits per heavy atom. The molecule has 0 unspecified atom stereocenters. The maximum Gasteiger partial charge on any atom is 0.259 e. The van der Waals surface area contributed by atoms with Crippen molar-refractivity contribution in [2.45, 2.75) is 4.90 Å². The molecule has 0 aromatic heterocycles. The monoisotopic (exact) mass is 298 g/mol. The van der Waals surface area contributed by atoms with Crippen molar-refractivity contribution in [1.29, 1.82) is 0 Å². The van der Waals surface area contributed by atoms with Crippen molar-refractivity contribution in [3.8, 4) is 0 Å². The van der Waals surface area contributed by atoms with Gasteiger partial charge in [0.05, 0.1) is 16.9 Å². The molecule has 0 bridgehead atoms. The van der Waals surface area contributed by atoms with Crippen LogP contribution in [-0.2, 0) is 4.79 Å². The number of nitrogens with zero attached hydrogens (tertiary/aromatic N) is 1. The number of thioether (sulfide) groups is 1. The lowest BCUT2D eigenvalue weighted by atomic mass is 10.1. The highest BCUT2D eigenvalue weighted by molar-refractivity contribution is 7.98. The van der Waals surface area contributed by atoms with E-state index >= 15 is 0 Å². The van der Waals surface area contributed by atoms with E-state index in [0.717, 1.165) is 10.6 Å². The van der Waals surface area contributed by atoms with Crippen LogP contribution in [0.3, 0.4) is 0 Å². The summed E-state index contributed by atoms with van der Waals surface area (Å²) in [7, 11) is 0. The van der Waals surface area contributed by atoms with Gasteiger partial charge in [-0.2, -0.15) is 0 Å². The van der Waals surface area contributed by atoms with Crippen LogP contribution in [0.4, 0.5) is 11.4 Å². The Morgan fingerprint density at radius 1 is 1.14 bits per heavy atom. The summed E-state index contributed by atoms with van der Waals surface area (Å²) in [5.41, 5.74) is 2.02. The molecule has 1 aliphatic heterocycles. The lowest BCUT2D eigenvalue weighted by Gasteiger charge is -2.29. The largest absolute Gasteiger partial charge is 0.323 e. The molecule has 4 nitrogen and oxygen atoms in total. The number of rotatable bonds is 2. The predicted molar refractivity (Wildman–Crippen MR) is 85.0 cm³/mol. The van der Waals surface area contributed by atoms with E-state index < -0.39 is 0 Å². The van der Waals surface area contributed by atoms with Gasteiger partial charge in [-0.25, -0.2) is 0 Å². The number of hydrogen-bond acceptors (Lipinski definition) is 3. The molecule has 21 heavy (non-hydrogen) atoms. The van der Waals surface area contributed by atoms with Crippen LogP contribution in [0.5, 0.6) is 0 Å². The zero-order chi connectivity index (χ0) is 14.8. The number of amides is 2. The number of fused-ring (bicyclic) bond motifs is 1. The smallest absolute Gasteiger partial charge is 0.259 e. The number of hydrogen-bond donors (Lipinski definition) is 1. The number of carbonyl (C=O) groups is 2. The standard InChI is InChI=1S/C16H14N2O2S/c1-21-14-9-5-2-6-11(14)16(20)18-10-15(19)17-12-7-3-4-8-13(12)18/h2-9H,10H2,1H3,(H,17,19). The van der Waals surface area contributed by atoms with Gasteiger partial charge in [-0.3, -0.25) is 14.5 Å². The molecule has 0 saturated carbocycles.